The van der Waals surface area contributed by atoms with Crippen LogP contribution in [0.5, 0.6) is 11.5 Å². The lowest BCUT2D eigenvalue weighted by Gasteiger charge is -2.29. The monoisotopic (exact) mass is 421 g/mol. The molecule has 0 aliphatic carbocycles. The molecule has 8 heteroatoms. The molecule has 6 nitrogen and oxygen atoms in total. The summed E-state index contributed by atoms with van der Waals surface area (Å²) in [6.45, 7) is 4.37. The standard InChI is InChI=1S/C16H24BrN3O3.ClH/c1-19(11-16(21)20-6-4-18-5-7-20)10-12-8-14(22-2)15(23-3)9-13(12)17;/h8-9,18H,4-7,10-11H2,1-3H3;1H. The Bertz CT molecular complexity index is 554. The summed E-state index contributed by atoms with van der Waals surface area (Å²) in [5.41, 5.74) is 1.05. The van der Waals surface area contributed by atoms with Gasteiger partial charge in [-0.3, -0.25) is 9.69 Å². The molecule has 1 heterocycles. The Morgan fingerprint density at radius 3 is 2.42 bits per heavy atom. The van der Waals surface area contributed by atoms with Gasteiger partial charge in [0, 0.05) is 37.2 Å². The van der Waals surface area contributed by atoms with Gasteiger partial charge < -0.3 is 19.7 Å². The lowest BCUT2D eigenvalue weighted by atomic mass is 10.2. The molecule has 0 saturated carbocycles. The molecule has 0 aromatic heterocycles. The highest BCUT2D eigenvalue weighted by atomic mass is 79.9. The van der Waals surface area contributed by atoms with Crippen LogP contribution in [0.1, 0.15) is 5.56 Å². The van der Waals surface area contributed by atoms with E-state index in [0.717, 1.165) is 36.2 Å². The molecular weight excluding hydrogens is 398 g/mol. The van der Waals surface area contributed by atoms with Gasteiger partial charge in [0.25, 0.3) is 0 Å². The molecular formula is C16H25BrClN3O3. The molecule has 1 amide bonds. The van der Waals surface area contributed by atoms with Crippen LogP contribution in [0.3, 0.4) is 0 Å². The highest BCUT2D eigenvalue weighted by Gasteiger charge is 2.18. The number of hydrogen-bond acceptors (Lipinski definition) is 5. The fourth-order valence-electron chi connectivity index (χ4n) is 2.61. The van der Waals surface area contributed by atoms with Gasteiger partial charge in [-0.15, -0.1) is 12.4 Å². The third kappa shape index (κ3) is 5.51. The molecule has 2 rings (SSSR count). The summed E-state index contributed by atoms with van der Waals surface area (Å²) in [6, 6.07) is 3.83. The van der Waals surface area contributed by atoms with Crippen LogP contribution in [0.2, 0.25) is 0 Å². The Hall–Kier alpha value is -1.02. The Balaban J connectivity index is 0.00000288. The SMILES string of the molecule is COc1cc(Br)c(CN(C)CC(=O)N2CCNCC2)cc1OC.Cl. The van der Waals surface area contributed by atoms with Crippen molar-refractivity contribution >= 4 is 34.2 Å². The number of halogens is 2. The molecule has 24 heavy (non-hydrogen) atoms. The number of rotatable bonds is 6. The van der Waals surface area contributed by atoms with Gasteiger partial charge in [-0.25, -0.2) is 0 Å². The molecule has 0 bridgehead atoms. The smallest absolute Gasteiger partial charge is 0.236 e. The van der Waals surface area contributed by atoms with Crippen molar-refractivity contribution in [1.29, 1.82) is 0 Å². The van der Waals surface area contributed by atoms with Crippen LogP contribution in [-0.4, -0.2) is 69.7 Å². The first-order valence-corrected chi connectivity index (χ1v) is 8.42. The number of hydrogen-bond donors (Lipinski definition) is 1. The van der Waals surface area contributed by atoms with Crippen LogP contribution in [0.15, 0.2) is 16.6 Å². The van der Waals surface area contributed by atoms with Crippen molar-refractivity contribution in [2.75, 3.05) is 54.0 Å². The maximum absolute atomic E-state index is 12.3. The van der Waals surface area contributed by atoms with E-state index in [1.165, 1.54) is 0 Å². The van der Waals surface area contributed by atoms with E-state index in [1.807, 2.05) is 29.0 Å². The summed E-state index contributed by atoms with van der Waals surface area (Å²) in [5.74, 6) is 1.54. The fourth-order valence-corrected chi connectivity index (χ4v) is 3.06. The third-order valence-electron chi connectivity index (χ3n) is 3.87. The zero-order valence-electron chi connectivity index (χ0n) is 14.3. The summed E-state index contributed by atoms with van der Waals surface area (Å²) in [5, 5.41) is 3.25. The number of amides is 1. The second-order valence-electron chi connectivity index (χ2n) is 5.60. The van der Waals surface area contributed by atoms with Gasteiger partial charge in [-0.1, -0.05) is 15.9 Å². The van der Waals surface area contributed by atoms with E-state index in [1.54, 1.807) is 14.2 Å². The molecule has 136 valence electrons. The number of ether oxygens (including phenoxy) is 2. The maximum Gasteiger partial charge on any atom is 0.236 e. The highest BCUT2D eigenvalue weighted by Crippen LogP contribution is 2.33. The molecule has 1 fully saturated rings. The molecule has 1 N–H and O–H groups in total. The minimum absolute atomic E-state index is 0. The zero-order valence-corrected chi connectivity index (χ0v) is 16.7. The van der Waals surface area contributed by atoms with Gasteiger partial charge in [0.05, 0.1) is 20.8 Å². The number of benzene rings is 1. The van der Waals surface area contributed by atoms with Crippen molar-refractivity contribution in [2.45, 2.75) is 6.54 Å². The van der Waals surface area contributed by atoms with Crippen LogP contribution in [0.25, 0.3) is 0 Å². The Kier molecular flexibility index (Phi) is 8.83. The summed E-state index contributed by atoms with van der Waals surface area (Å²) in [4.78, 5) is 16.2. The molecule has 1 aliphatic rings. The van der Waals surface area contributed by atoms with Crippen molar-refractivity contribution < 1.29 is 14.3 Å². The number of nitrogens with one attached hydrogen (secondary N) is 1. The molecule has 1 aromatic rings. The van der Waals surface area contributed by atoms with Crippen molar-refractivity contribution in [3.05, 3.63) is 22.2 Å². The minimum Gasteiger partial charge on any atom is -0.493 e. The summed E-state index contributed by atoms with van der Waals surface area (Å²) in [6.07, 6.45) is 0. The quantitative estimate of drug-likeness (QED) is 0.757. The summed E-state index contributed by atoms with van der Waals surface area (Å²) < 4.78 is 11.6. The molecule has 0 spiro atoms. The van der Waals surface area contributed by atoms with Gasteiger partial charge in [0.15, 0.2) is 11.5 Å². The number of methoxy groups -OCH3 is 2. The number of nitrogens with zero attached hydrogens (tertiary/aromatic N) is 2. The van der Waals surface area contributed by atoms with Crippen LogP contribution in [0, 0.1) is 0 Å². The van der Waals surface area contributed by atoms with Crippen LogP contribution < -0.4 is 14.8 Å². The van der Waals surface area contributed by atoms with E-state index < -0.39 is 0 Å². The van der Waals surface area contributed by atoms with E-state index in [-0.39, 0.29) is 18.3 Å². The Morgan fingerprint density at radius 2 is 1.83 bits per heavy atom. The van der Waals surface area contributed by atoms with E-state index in [4.69, 9.17) is 9.47 Å². The number of carbonyl (C=O) groups is 1. The van der Waals surface area contributed by atoms with Gasteiger partial charge in [0.1, 0.15) is 0 Å². The van der Waals surface area contributed by atoms with Crippen LogP contribution in [0.4, 0.5) is 0 Å². The largest absolute Gasteiger partial charge is 0.493 e. The molecule has 1 aromatic carbocycles. The predicted octanol–water partition coefficient (Wildman–Crippen LogP) is 1.75. The third-order valence-corrected chi connectivity index (χ3v) is 4.61. The first-order chi connectivity index (χ1) is 11.0. The van der Waals surface area contributed by atoms with Crippen molar-refractivity contribution in [3.63, 3.8) is 0 Å². The second-order valence-corrected chi connectivity index (χ2v) is 6.46. The maximum atomic E-state index is 12.3. The second kappa shape index (κ2) is 10.1. The van der Waals surface area contributed by atoms with E-state index in [2.05, 4.69) is 21.2 Å². The fraction of sp³-hybridized carbons (Fsp3) is 0.562. The Labute approximate surface area is 158 Å². The van der Waals surface area contributed by atoms with Gasteiger partial charge >= 0.3 is 0 Å². The lowest BCUT2D eigenvalue weighted by molar-refractivity contribution is -0.132. The Morgan fingerprint density at radius 1 is 1.25 bits per heavy atom. The van der Waals surface area contributed by atoms with Crippen LogP contribution in [-0.2, 0) is 11.3 Å². The molecule has 1 saturated heterocycles. The summed E-state index contributed by atoms with van der Waals surface area (Å²) >= 11 is 3.56. The van der Waals surface area contributed by atoms with Crippen molar-refractivity contribution in [1.82, 2.24) is 15.1 Å². The van der Waals surface area contributed by atoms with E-state index in [9.17, 15) is 4.79 Å². The normalized spacial score (nSPS) is 14.3. The first kappa shape index (κ1) is 21.0. The number of likely N-dealkylation sites (N-methyl/N-ethyl adjacent to an activating group) is 1. The van der Waals surface area contributed by atoms with Crippen LogP contribution >= 0.6 is 28.3 Å². The number of carbonyl (C=O) groups excluding carboxylic acids is 1. The number of piperazine rings is 1. The molecule has 1 aliphatic heterocycles. The van der Waals surface area contributed by atoms with Gasteiger partial charge in [-0.2, -0.15) is 0 Å². The molecule has 0 radical (unpaired) electrons. The predicted molar refractivity (Wildman–Crippen MR) is 100 cm³/mol. The average molecular weight is 423 g/mol. The average Bonchev–Trinajstić information content (AvgIpc) is 2.56. The molecule has 0 atom stereocenters. The highest BCUT2D eigenvalue weighted by molar-refractivity contribution is 9.10. The summed E-state index contributed by atoms with van der Waals surface area (Å²) in [7, 11) is 5.18. The van der Waals surface area contributed by atoms with Gasteiger partial charge in [0.2, 0.25) is 5.91 Å². The van der Waals surface area contributed by atoms with Crippen molar-refractivity contribution in [2.24, 2.45) is 0 Å². The van der Waals surface area contributed by atoms with E-state index in [0.29, 0.717) is 24.6 Å². The first-order valence-electron chi connectivity index (χ1n) is 7.62. The van der Waals surface area contributed by atoms with Gasteiger partial charge in [-0.05, 0) is 24.7 Å². The minimum atomic E-state index is 0. The van der Waals surface area contributed by atoms with E-state index >= 15 is 0 Å². The lowest BCUT2D eigenvalue weighted by Crippen LogP contribution is -2.49. The topological polar surface area (TPSA) is 54.0 Å². The van der Waals surface area contributed by atoms with Crippen molar-refractivity contribution in [3.8, 4) is 11.5 Å². The zero-order chi connectivity index (χ0) is 16.8. The molecule has 0 unspecified atom stereocenters.